The molecule has 64 valence electrons. The Morgan fingerprint density at radius 2 is 1.69 bits per heavy atom. The highest BCUT2D eigenvalue weighted by molar-refractivity contribution is 5.61. The summed E-state index contributed by atoms with van der Waals surface area (Å²) in [5, 5.41) is 2.87. The summed E-state index contributed by atoms with van der Waals surface area (Å²) in [5.41, 5.74) is 2.91. The van der Waals surface area contributed by atoms with Gasteiger partial charge < -0.3 is 0 Å². The van der Waals surface area contributed by atoms with Crippen molar-refractivity contribution in [3.63, 3.8) is 0 Å². The lowest BCUT2D eigenvalue weighted by Gasteiger charge is -2.03. The van der Waals surface area contributed by atoms with Crippen LogP contribution in [0.3, 0.4) is 0 Å². The predicted molar refractivity (Wildman–Crippen MR) is 56.6 cm³/mol. The first-order chi connectivity index (χ1) is 6.43. The lowest BCUT2D eigenvalue weighted by atomic mass is 10.0. The van der Waals surface area contributed by atoms with E-state index in [1.54, 1.807) is 0 Å². The first kappa shape index (κ1) is 7.14. The van der Waals surface area contributed by atoms with Gasteiger partial charge >= 0.3 is 0 Å². The molecule has 0 bridgehead atoms. The molecule has 0 saturated carbocycles. The third kappa shape index (κ3) is 1.06. The summed E-state index contributed by atoms with van der Waals surface area (Å²) < 4.78 is 0. The van der Waals surface area contributed by atoms with E-state index in [9.17, 15) is 0 Å². The van der Waals surface area contributed by atoms with E-state index in [2.05, 4.69) is 36.4 Å². The summed E-state index contributed by atoms with van der Waals surface area (Å²) in [6, 6.07) is 4.67. The zero-order valence-corrected chi connectivity index (χ0v) is 7.59. The summed E-state index contributed by atoms with van der Waals surface area (Å²) in [5.74, 6) is 0. The first-order valence-electron chi connectivity index (χ1n) is 4.93. The largest absolute Gasteiger partial charge is 0.0795 e. The summed E-state index contributed by atoms with van der Waals surface area (Å²) in [4.78, 5) is 0. The maximum atomic E-state index is 2.36. The van der Waals surface area contributed by atoms with Crippen molar-refractivity contribution in [3.8, 4) is 0 Å². The number of fused-ring (bicyclic) bond motifs is 2. The van der Waals surface area contributed by atoms with Gasteiger partial charge in [-0.25, -0.2) is 0 Å². The van der Waals surface area contributed by atoms with E-state index in [0.29, 0.717) is 0 Å². The van der Waals surface area contributed by atoms with E-state index in [0.717, 1.165) is 6.42 Å². The van der Waals surface area contributed by atoms with Crippen molar-refractivity contribution in [2.45, 2.75) is 19.3 Å². The minimum Gasteiger partial charge on any atom is -0.0795 e. The highest BCUT2D eigenvalue weighted by Crippen LogP contribution is 2.15. The number of allylic oxidation sites excluding steroid dienone is 1. The zero-order chi connectivity index (χ0) is 8.67. The Kier molecular flexibility index (Phi) is 1.42. The van der Waals surface area contributed by atoms with Crippen LogP contribution in [0.2, 0.25) is 0 Å². The molecule has 2 aliphatic carbocycles. The molecule has 0 fully saturated rings. The fraction of sp³-hybridized carbons (Fsp3) is 0.231. The molecule has 0 amide bonds. The second-order valence-corrected chi connectivity index (χ2v) is 3.77. The van der Waals surface area contributed by atoms with Crippen LogP contribution >= 0.6 is 0 Å². The Labute approximate surface area is 77.9 Å². The van der Waals surface area contributed by atoms with E-state index < -0.39 is 0 Å². The molecule has 0 atom stereocenters. The smallest absolute Gasteiger partial charge is 0.00880 e. The van der Waals surface area contributed by atoms with E-state index >= 15 is 0 Å². The van der Waals surface area contributed by atoms with Crippen LogP contribution < -0.4 is 10.4 Å². The van der Waals surface area contributed by atoms with Crippen LogP contribution in [0.5, 0.6) is 0 Å². The average molecular weight is 168 g/mol. The number of rotatable bonds is 0. The van der Waals surface area contributed by atoms with Crippen LogP contribution in [0.15, 0.2) is 18.2 Å². The normalized spacial score (nSPS) is 17.2. The van der Waals surface area contributed by atoms with Gasteiger partial charge in [-0.15, -0.1) is 0 Å². The topological polar surface area (TPSA) is 0 Å². The minimum atomic E-state index is 1.12. The fourth-order valence-corrected chi connectivity index (χ4v) is 2.17. The first-order valence-corrected chi connectivity index (χ1v) is 4.93. The summed E-state index contributed by atoms with van der Waals surface area (Å²) in [6.45, 7) is 0. The zero-order valence-electron chi connectivity index (χ0n) is 7.59. The third-order valence-electron chi connectivity index (χ3n) is 2.88. The molecule has 0 aliphatic heterocycles. The molecular formula is C13H12. The van der Waals surface area contributed by atoms with E-state index in [1.807, 2.05) is 0 Å². The minimum absolute atomic E-state index is 1.12. The second-order valence-electron chi connectivity index (χ2n) is 3.77. The van der Waals surface area contributed by atoms with Crippen LogP contribution in [0.4, 0.5) is 0 Å². The van der Waals surface area contributed by atoms with Crippen LogP contribution in [0.25, 0.3) is 18.2 Å². The fourth-order valence-electron chi connectivity index (χ4n) is 2.17. The van der Waals surface area contributed by atoms with E-state index in [-0.39, 0.29) is 0 Å². The van der Waals surface area contributed by atoms with Crippen molar-refractivity contribution in [3.05, 3.63) is 39.8 Å². The maximum Gasteiger partial charge on any atom is -0.00880 e. The van der Waals surface area contributed by atoms with Crippen LogP contribution in [-0.4, -0.2) is 0 Å². The molecular weight excluding hydrogens is 156 g/mol. The van der Waals surface area contributed by atoms with Gasteiger partial charge in [0.05, 0.1) is 0 Å². The molecule has 1 aromatic rings. The SMILES string of the molecule is C1=Cc2cc3c(cc2C1)=CCCC=3. The molecule has 0 N–H and O–H groups in total. The molecule has 0 nitrogen and oxygen atoms in total. The molecule has 0 heterocycles. The lowest BCUT2D eigenvalue weighted by molar-refractivity contribution is 1.11. The molecule has 0 heteroatoms. The summed E-state index contributed by atoms with van der Waals surface area (Å²) in [6.07, 6.45) is 12.7. The molecule has 1 aromatic carbocycles. The highest BCUT2D eigenvalue weighted by atomic mass is 14.1. The molecule has 3 rings (SSSR count). The Hall–Kier alpha value is -1.30. The average Bonchev–Trinajstić information content (AvgIpc) is 2.61. The highest BCUT2D eigenvalue weighted by Gasteiger charge is 2.05. The van der Waals surface area contributed by atoms with Crippen LogP contribution in [0.1, 0.15) is 24.0 Å². The lowest BCUT2D eigenvalue weighted by Crippen LogP contribution is -2.27. The Bertz CT molecular complexity index is 490. The van der Waals surface area contributed by atoms with Gasteiger partial charge in [0.1, 0.15) is 0 Å². The van der Waals surface area contributed by atoms with Crippen molar-refractivity contribution in [1.29, 1.82) is 0 Å². The monoisotopic (exact) mass is 168 g/mol. The predicted octanol–water partition coefficient (Wildman–Crippen LogP) is 1.61. The summed E-state index contributed by atoms with van der Waals surface area (Å²) >= 11 is 0. The van der Waals surface area contributed by atoms with Gasteiger partial charge in [-0.3, -0.25) is 0 Å². The van der Waals surface area contributed by atoms with Gasteiger partial charge in [-0.2, -0.15) is 0 Å². The van der Waals surface area contributed by atoms with Crippen molar-refractivity contribution in [1.82, 2.24) is 0 Å². The van der Waals surface area contributed by atoms with Crippen molar-refractivity contribution in [2.24, 2.45) is 0 Å². The number of benzene rings is 1. The van der Waals surface area contributed by atoms with Gasteiger partial charge in [-0.1, -0.05) is 30.4 Å². The summed E-state index contributed by atoms with van der Waals surface area (Å²) in [7, 11) is 0. The third-order valence-corrected chi connectivity index (χ3v) is 2.88. The van der Waals surface area contributed by atoms with Crippen molar-refractivity contribution in [2.75, 3.05) is 0 Å². The molecule has 0 saturated heterocycles. The van der Waals surface area contributed by atoms with Gasteiger partial charge in [0.25, 0.3) is 0 Å². The Morgan fingerprint density at radius 1 is 0.923 bits per heavy atom. The van der Waals surface area contributed by atoms with Crippen molar-refractivity contribution < 1.29 is 0 Å². The maximum absolute atomic E-state index is 2.36. The molecule has 0 aromatic heterocycles. The van der Waals surface area contributed by atoms with Gasteiger partial charge in [0.15, 0.2) is 0 Å². The Balaban J connectivity index is 2.39. The van der Waals surface area contributed by atoms with Crippen LogP contribution in [-0.2, 0) is 6.42 Å². The van der Waals surface area contributed by atoms with Crippen LogP contribution in [0, 0.1) is 0 Å². The molecule has 13 heavy (non-hydrogen) atoms. The van der Waals surface area contributed by atoms with Gasteiger partial charge in [-0.05, 0) is 46.9 Å². The Morgan fingerprint density at radius 3 is 2.54 bits per heavy atom. The number of hydrogen-bond donors (Lipinski definition) is 0. The van der Waals surface area contributed by atoms with Crippen molar-refractivity contribution >= 4 is 18.2 Å². The standard InChI is InChI=1S/C13H12/c1-2-5-11-9-13-7-3-6-12(13)8-10(11)4-1/h3-6,8-9H,1-2,7H2. The number of hydrogen-bond acceptors (Lipinski definition) is 0. The molecule has 0 unspecified atom stereocenters. The second kappa shape index (κ2) is 2.59. The van der Waals surface area contributed by atoms with E-state index in [4.69, 9.17) is 0 Å². The quantitative estimate of drug-likeness (QED) is 0.552. The van der Waals surface area contributed by atoms with E-state index in [1.165, 1.54) is 34.4 Å². The van der Waals surface area contributed by atoms with Gasteiger partial charge in [0, 0.05) is 0 Å². The molecule has 2 aliphatic rings. The molecule has 0 radical (unpaired) electrons. The van der Waals surface area contributed by atoms with Gasteiger partial charge in [0.2, 0.25) is 0 Å². The molecule has 0 spiro atoms.